The summed E-state index contributed by atoms with van der Waals surface area (Å²) >= 11 is 0. The summed E-state index contributed by atoms with van der Waals surface area (Å²) in [7, 11) is 12.3. The maximum atomic E-state index is 13.0. The smallest absolute Gasteiger partial charge is 0.114 e. The molecule has 0 fully saturated rings. The van der Waals surface area contributed by atoms with E-state index in [2.05, 4.69) is 0 Å². The van der Waals surface area contributed by atoms with Gasteiger partial charge in [-0.25, -0.2) is 4.39 Å². The van der Waals surface area contributed by atoms with Gasteiger partial charge in [0.05, 0.1) is 15.7 Å². The average molecular weight is 142 g/mol. The van der Waals surface area contributed by atoms with E-state index in [4.69, 9.17) is 15.7 Å². The second-order valence-electron chi connectivity index (χ2n) is 2.51. The maximum Gasteiger partial charge on any atom is 0.114 e. The van der Waals surface area contributed by atoms with Gasteiger partial charge in [-0.05, 0) is 5.92 Å². The quantitative estimate of drug-likeness (QED) is 0.402. The van der Waals surface area contributed by atoms with Crippen molar-refractivity contribution in [1.29, 1.82) is 0 Å². The first-order chi connectivity index (χ1) is 3.89. The molecule has 0 rings (SSSR count). The van der Waals surface area contributed by atoms with Crippen molar-refractivity contribution >= 4 is 24.9 Å². The second-order valence-corrected chi connectivity index (χ2v) is 3.39. The molecule has 0 spiro atoms. The number of hydrogen-bond acceptors (Lipinski definition) is 0. The van der Waals surface area contributed by atoms with Crippen LogP contribution in [0.25, 0.3) is 0 Å². The second kappa shape index (κ2) is 3.05. The van der Waals surface area contributed by atoms with E-state index in [0.29, 0.717) is 0 Å². The lowest BCUT2D eigenvalue weighted by molar-refractivity contribution is 0.225. The third-order valence-electron chi connectivity index (χ3n) is 1.40. The highest BCUT2D eigenvalue weighted by Crippen LogP contribution is 2.37. The van der Waals surface area contributed by atoms with E-state index in [9.17, 15) is 4.39 Å². The Hall–Kier alpha value is 0.490. The third-order valence-corrected chi connectivity index (χ3v) is 2.45. The Morgan fingerprint density at radius 1 is 1.44 bits per heavy atom. The minimum Gasteiger partial charge on any atom is -0.241 e. The van der Waals surface area contributed by atoms with Crippen molar-refractivity contribution < 1.29 is 4.39 Å². The monoisotopic (exact) mass is 142 g/mol. The minimum absolute atomic E-state index is 0.164. The van der Waals surface area contributed by atoms with Crippen LogP contribution in [0.15, 0.2) is 0 Å². The van der Waals surface area contributed by atoms with Crippen molar-refractivity contribution in [3.63, 3.8) is 0 Å². The molecule has 2 atom stereocenters. The molecule has 0 heterocycles. The predicted molar refractivity (Wildman–Crippen MR) is 43.6 cm³/mol. The maximum absolute atomic E-state index is 13.0. The molecule has 48 valence electrons. The van der Waals surface area contributed by atoms with E-state index in [1.54, 1.807) is 13.8 Å². The van der Waals surface area contributed by atoms with Gasteiger partial charge in [-0.2, -0.15) is 0 Å². The zero-order chi connectivity index (χ0) is 7.65. The summed E-state index contributed by atoms with van der Waals surface area (Å²) in [6.07, 6.45) is 0. The molecule has 2 unspecified atom stereocenters. The van der Waals surface area contributed by atoms with Gasteiger partial charge >= 0.3 is 0 Å². The van der Waals surface area contributed by atoms with Crippen LogP contribution in [0.5, 0.6) is 0 Å². The van der Waals surface area contributed by atoms with Crippen molar-refractivity contribution in [1.82, 2.24) is 0 Å². The van der Waals surface area contributed by atoms with Crippen LogP contribution < -0.4 is 0 Å². The normalized spacial score (nSPS) is 18.4. The summed E-state index contributed by atoms with van der Waals surface area (Å²) in [5.41, 5.74) is -0.914. The van der Waals surface area contributed by atoms with Gasteiger partial charge in [0.25, 0.3) is 0 Å². The molecule has 0 aliphatic rings. The Morgan fingerprint density at radius 2 is 1.78 bits per heavy atom. The first-order valence-electron chi connectivity index (χ1n) is 2.88. The zero-order valence-electron chi connectivity index (χ0n) is 5.76. The summed E-state index contributed by atoms with van der Waals surface area (Å²) in [4.78, 5) is 0. The molecule has 4 heteroatoms. The Kier molecular flexibility index (Phi) is 3.22. The van der Waals surface area contributed by atoms with Crippen molar-refractivity contribution in [2.75, 3.05) is 0 Å². The largest absolute Gasteiger partial charge is 0.241 e. The fourth-order valence-electron chi connectivity index (χ4n) is 0.385. The van der Waals surface area contributed by atoms with Gasteiger partial charge < -0.3 is 0 Å². The number of rotatable bonds is 2. The van der Waals surface area contributed by atoms with Crippen molar-refractivity contribution in [2.24, 2.45) is 5.92 Å². The number of alkyl halides is 1. The summed E-state index contributed by atoms with van der Waals surface area (Å²) in [6.45, 7) is 3.47. The fraction of sp³-hybridized carbons (Fsp3) is 1.00. The molecule has 0 N–H and O–H groups in total. The summed E-state index contributed by atoms with van der Waals surface area (Å²) in [5, 5.41) is -1.53. The molecule has 0 aliphatic carbocycles. The van der Waals surface area contributed by atoms with Gasteiger partial charge in [-0.3, -0.25) is 0 Å². The molecule has 0 bridgehead atoms. The fourth-order valence-corrected chi connectivity index (χ4v) is 0.385. The van der Waals surface area contributed by atoms with Crippen LogP contribution in [0.3, 0.4) is 0 Å². The summed E-state index contributed by atoms with van der Waals surface area (Å²) in [6, 6.07) is 0. The Morgan fingerprint density at radius 3 is 1.78 bits per heavy atom. The van der Waals surface area contributed by atoms with Crippen molar-refractivity contribution in [3.05, 3.63) is 0 Å². The van der Waals surface area contributed by atoms with Crippen LogP contribution in [0.1, 0.15) is 13.8 Å². The first kappa shape index (κ1) is 9.49. The van der Waals surface area contributed by atoms with Crippen LogP contribution in [0, 0.1) is 5.92 Å². The van der Waals surface area contributed by atoms with Gasteiger partial charge in [-0.1, -0.05) is 28.8 Å². The predicted octanol–water partition coefficient (Wildman–Crippen LogP) is 1.27. The molecule has 4 radical (unpaired) electrons. The Labute approximate surface area is 61.0 Å². The molecule has 9 heavy (non-hydrogen) atoms. The molecule has 0 aliphatic heterocycles. The van der Waals surface area contributed by atoms with Gasteiger partial charge in [0, 0.05) is 0 Å². The zero-order valence-corrected chi connectivity index (χ0v) is 6.92. The van der Waals surface area contributed by atoms with Crippen LogP contribution >= 0.6 is 9.24 Å². The van der Waals surface area contributed by atoms with E-state index >= 15 is 0 Å². The number of hydrogen-bond donors (Lipinski definition) is 0. The summed E-state index contributed by atoms with van der Waals surface area (Å²) < 4.78 is 13.0. The lowest BCUT2D eigenvalue weighted by Crippen LogP contribution is -2.28. The molecule has 0 saturated carbocycles. The molecule has 0 aromatic carbocycles. The highest BCUT2D eigenvalue weighted by atomic mass is 31.0. The van der Waals surface area contributed by atoms with E-state index in [-0.39, 0.29) is 5.92 Å². The van der Waals surface area contributed by atoms with Crippen molar-refractivity contribution in [3.8, 4) is 0 Å². The summed E-state index contributed by atoms with van der Waals surface area (Å²) in [5.74, 6) is -0.164. The molecule has 0 amide bonds. The van der Waals surface area contributed by atoms with E-state index in [1.807, 2.05) is 9.24 Å². The Balaban J connectivity index is 4.01. The standard InChI is InChI=1S/C5H10B2FP/c1-3(2)5(8,9)4(6)7/h3-4H,9H2,1-2H3. The van der Waals surface area contributed by atoms with E-state index in [1.165, 1.54) is 0 Å². The van der Waals surface area contributed by atoms with Crippen LogP contribution in [-0.2, 0) is 0 Å². The van der Waals surface area contributed by atoms with Crippen molar-refractivity contribution in [2.45, 2.75) is 25.0 Å². The molecule has 0 saturated heterocycles. The molecule has 0 nitrogen and oxygen atoms in total. The third kappa shape index (κ3) is 2.29. The average Bonchev–Trinajstić information content (AvgIpc) is 1.65. The van der Waals surface area contributed by atoms with Crippen LogP contribution in [0.4, 0.5) is 4.39 Å². The van der Waals surface area contributed by atoms with Crippen LogP contribution in [-0.4, -0.2) is 21.1 Å². The van der Waals surface area contributed by atoms with Crippen LogP contribution in [0.2, 0.25) is 5.72 Å². The lowest BCUT2D eigenvalue weighted by atomic mass is 9.65. The number of halogens is 1. The Bertz CT molecular complexity index is 83.0. The minimum atomic E-state index is -1.53. The SMILES string of the molecule is [B]C([B])C(F)(P)C(C)C. The molecule has 0 aromatic rings. The van der Waals surface area contributed by atoms with Gasteiger partial charge in [0.1, 0.15) is 5.41 Å². The van der Waals surface area contributed by atoms with Gasteiger partial charge in [0.2, 0.25) is 0 Å². The highest BCUT2D eigenvalue weighted by Gasteiger charge is 2.30. The van der Waals surface area contributed by atoms with Gasteiger partial charge in [0.15, 0.2) is 0 Å². The molecular formula is C5H10B2FP. The first-order valence-corrected chi connectivity index (χ1v) is 3.45. The lowest BCUT2D eigenvalue weighted by Gasteiger charge is -2.29. The van der Waals surface area contributed by atoms with E-state index in [0.717, 1.165) is 0 Å². The topological polar surface area (TPSA) is 0 Å². The highest BCUT2D eigenvalue weighted by molar-refractivity contribution is 7.19. The van der Waals surface area contributed by atoms with E-state index < -0.39 is 11.1 Å². The molecular weight excluding hydrogens is 132 g/mol. The molecule has 0 aromatic heterocycles. The van der Waals surface area contributed by atoms with Gasteiger partial charge in [-0.15, -0.1) is 0 Å².